The Hall–Kier alpha value is -1.23. The van der Waals surface area contributed by atoms with E-state index in [1.165, 1.54) is 0 Å². The summed E-state index contributed by atoms with van der Waals surface area (Å²) in [6, 6.07) is 0.661. The molecule has 1 aliphatic rings. The van der Waals surface area contributed by atoms with Crippen LogP contribution in [0.25, 0.3) is 0 Å². The van der Waals surface area contributed by atoms with Gasteiger partial charge in [0, 0.05) is 24.1 Å². The first-order valence-corrected chi connectivity index (χ1v) is 7.51. The van der Waals surface area contributed by atoms with E-state index in [1.54, 1.807) is 0 Å². The minimum Gasteiger partial charge on any atom is -0.394 e. The number of nitrogens with zero attached hydrogens (tertiary/aromatic N) is 2. The number of anilines is 2. The number of nitrogens with one attached hydrogen (secondary N) is 1. The van der Waals surface area contributed by atoms with Crippen LogP contribution in [0.5, 0.6) is 0 Å². The van der Waals surface area contributed by atoms with Gasteiger partial charge in [-0.2, -0.15) is 5.10 Å². The minimum absolute atomic E-state index is 0.114. The van der Waals surface area contributed by atoms with Crippen molar-refractivity contribution in [3.05, 3.63) is 5.69 Å². The molecule has 0 amide bonds. The van der Waals surface area contributed by atoms with Crippen molar-refractivity contribution in [3.63, 3.8) is 0 Å². The summed E-state index contributed by atoms with van der Waals surface area (Å²) in [5.41, 5.74) is 7.93. The van der Waals surface area contributed by atoms with E-state index >= 15 is 0 Å². The smallest absolute Gasteiger partial charge is 0.148 e. The van der Waals surface area contributed by atoms with Gasteiger partial charge in [0.1, 0.15) is 5.82 Å². The molecule has 0 bridgehead atoms. The number of nitrogens with two attached hydrogens (primary N) is 1. The van der Waals surface area contributed by atoms with Crippen LogP contribution < -0.4 is 11.1 Å². The molecule has 1 aliphatic carbocycles. The molecule has 2 rings (SSSR count). The van der Waals surface area contributed by atoms with E-state index in [9.17, 15) is 0 Å². The number of nitrogen functional groups attached to an aromatic ring is 1. The Bertz CT molecular complexity index is 478. The lowest BCUT2D eigenvalue weighted by molar-refractivity contribution is -0.0977. The van der Waals surface area contributed by atoms with Gasteiger partial charge in [0.05, 0.1) is 17.5 Å². The van der Waals surface area contributed by atoms with E-state index in [2.05, 4.69) is 38.1 Å². The van der Waals surface area contributed by atoms with Crippen LogP contribution >= 0.6 is 0 Å². The molecule has 5 nitrogen and oxygen atoms in total. The molecule has 0 aliphatic heterocycles. The predicted octanol–water partition coefficient (Wildman–Crippen LogP) is 2.97. The molecule has 2 atom stereocenters. The van der Waals surface area contributed by atoms with E-state index in [0.29, 0.717) is 18.2 Å². The third-order valence-corrected chi connectivity index (χ3v) is 4.48. The molecule has 1 aromatic heterocycles. The Kier molecular flexibility index (Phi) is 4.00. The third kappa shape index (κ3) is 2.39. The maximum atomic E-state index is 6.17. The van der Waals surface area contributed by atoms with Crippen molar-refractivity contribution < 1.29 is 4.74 Å². The lowest BCUT2D eigenvalue weighted by Gasteiger charge is -2.52. The average Bonchev–Trinajstić information content (AvgIpc) is 2.65. The van der Waals surface area contributed by atoms with Crippen LogP contribution in [0, 0.1) is 12.3 Å². The molecule has 5 heteroatoms. The number of hydrogen-bond acceptors (Lipinski definition) is 4. The molecule has 0 saturated heterocycles. The van der Waals surface area contributed by atoms with E-state index in [0.717, 1.165) is 30.2 Å². The van der Waals surface area contributed by atoms with Crippen molar-refractivity contribution in [2.45, 2.75) is 66.2 Å². The van der Waals surface area contributed by atoms with E-state index in [4.69, 9.17) is 10.5 Å². The first-order chi connectivity index (χ1) is 9.28. The molecule has 0 spiro atoms. The summed E-state index contributed by atoms with van der Waals surface area (Å²) < 4.78 is 7.76. The Labute approximate surface area is 121 Å². The summed E-state index contributed by atoms with van der Waals surface area (Å²) in [4.78, 5) is 0. The van der Waals surface area contributed by atoms with Crippen LogP contribution in [0.4, 0.5) is 11.5 Å². The highest BCUT2D eigenvalue weighted by atomic mass is 16.5. The molecule has 0 aromatic carbocycles. The van der Waals surface area contributed by atoms with Crippen LogP contribution in [-0.4, -0.2) is 28.5 Å². The Morgan fingerprint density at radius 2 is 2.15 bits per heavy atom. The quantitative estimate of drug-likeness (QED) is 0.870. The molecular weight excluding hydrogens is 252 g/mol. The molecule has 2 unspecified atom stereocenters. The van der Waals surface area contributed by atoms with Crippen molar-refractivity contribution >= 4 is 11.5 Å². The summed E-state index contributed by atoms with van der Waals surface area (Å²) in [6.07, 6.45) is 1.34. The first-order valence-electron chi connectivity index (χ1n) is 7.51. The largest absolute Gasteiger partial charge is 0.394 e. The fraction of sp³-hybridized carbons (Fsp3) is 0.800. The summed E-state index contributed by atoms with van der Waals surface area (Å²) in [5, 5.41) is 8.11. The monoisotopic (exact) mass is 280 g/mol. The lowest BCUT2D eigenvalue weighted by Crippen LogP contribution is -2.58. The molecule has 1 aromatic rings. The normalized spacial score (nSPS) is 24.8. The van der Waals surface area contributed by atoms with Crippen LogP contribution in [-0.2, 0) is 4.74 Å². The van der Waals surface area contributed by atoms with Crippen molar-refractivity contribution in [2.75, 3.05) is 17.7 Å². The molecule has 20 heavy (non-hydrogen) atoms. The highest BCUT2D eigenvalue weighted by Gasteiger charge is 2.49. The van der Waals surface area contributed by atoms with Gasteiger partial charge in [-0.25, -0.2) is 4.68 Å². The number of aryl methyl sites for hydroxylation is 1. The van der Waals surface area contributed by atoms with Gasteiger partial charge < -0.3 is 15.8 Å². The second-order valence-electron chi connectivity index (χ2n) is 6.58. The van der Waals surface area contributed by atoms with Crippen LogP contribution in [0.15, 0.2) is 0 Å². The maximum absolute atomic E-state index is 6.17. The minimum atomic E-state index is 0.114. The van der Waals surface area contributed by atoms with Gasteiger partial charge in [-0.1, -0.05) is 13.8 Å². The maximum Gasteiger partial charge on any atom is 0.148 e. The zero-order chi connectivity index (χ0) is 15.1. The lowest BCUT2D eigenvalue weighted by atomic mass is 9.64. The molecule has 3 N–H and O–H groups in total. The van der Waals surface area contributed by atoms with Crippen molar-refractivity contribution in [1.82, 2.24) is 9.78 Å². The SMILES string of the molecule is CCOC1CC(Nc2c(N)c(C)nn2C(C)C)C1(C)C. The van der Waals surface area contributed by atoms with E-state index in [-0.39, 0.29) is 5.41 Å². The second-order valence-corrected chi connectivity index (χ2v) is 6.58. The fourth-order valence-corrected chi connectivity index (χ4v) is 2.86. The molecule has 1 heterocycles. The average molecular weight is 280 g/mol. The van der Waals surface area contributed by atoms with Gasteiger partial charge in [-0.05, 0) is 34.1 Å². The van der Waals surface area contributed by atoms with Gasteiger partial charge in [0.25, 0.3) is 0 Å². The topological polar surface area (TPSA) is 65.1 Å². The molecule has 0 radical (unpaired) electrons. The van der Waals surface area contributed by atoms with E-state index < -0.39 is 0 Å². The van der Waals surface area contributed by atoms with Crippen LogP contribution in [0.1, 0.15) is 52.8 Å². The molecule has 114 valence electrons. The predicted molar refractivity (Wildman–Crippen MR) is 83.0 cm³/mol. The Balaban J connectivity index is 2.16. The van der Waals surface area contributed by atoms with E-state index in [1.807, 2.05) is 18.5 Å². The standard InChI is InChI=1S/C15H28N4O/c1-7-20-12-8-11(15(12,5)6)17-14-13(16)10(4)18-19(14)9(2)3/h9,11-12,17H,7-8,16H2,1-6H3. The van der Waals surface area contributed by atoms with Crippen molar-refractivity contribution in [1.29, 1.82) is 0 Å². The zero-order valence-electron chi connectivity index (χ0n) is 13.5. The molecule has 1 fully saturated rings. The Morgan fingerprint density at radius 3 is 2.65 bits per heavy atom. The third-order valence-electron chi connectivity index (χ3n) is 4.48. The van der Waals surface area contributed by atoms with Crippen molar-refractivity contribution in [2.24, 2.45) is 5.41 Å². The van der Waals surface area contributed by atoms with Gasteiger partial charge in [0.15, 0.2) is 0 Å². The summed E-state index contributed by atoms with van der Waals surface area (Å²) in [6.45, 7) is 13.5. The molecular formula is C15H28N4O. The van der Waals surface area contributed by atoms with Crippen molar-refractivity contribution in [3.8, 4) is 0 Å². The Morgan fingerprint density at radius 1 is 1.50 bits per heavy atom. The summed E-state index contributed by atoms with van der Waals surface area (Å²) in [7, 11) is 0. The number of rotatable bonds is 5. The van der Waals surface area contributed by atoms with Gasteiger partial charge in [-0.3, -0.25) is 0 Å². The fourth-order valence-electron chi connectivity index (χ4n) is 2.86. The number of ether oxygens (including phenoxy) is 1. The summed E-state index contributed by atoms with van der Waals surface area (Å²) >= 11 is 0. The number of aromatic nitrogens is 2. The number of hydrogen-bond donors (Lipinski definition) is 2. The first kappa shape index (κ1) is 15.2. The molecule has 1 saturated carbocycles. The van der Waals surface area contributed by atoms with Gasteiger partial charge in [0.2, 0.25) is 0 Å². The van der Waals surface area contributed by atoms with Crippen LogP contribution in [0.3, 0.4) is 0 Å². The van der Waals surface area contributed by atoms with Gasteiger partial charge >= 0.3 is 0 Å². The summed E-state index contributed by atoms with van der Waals surface area (Å²) in [5.74, 6) is 0.950. The highest BCUT2D eigenvalue weighted by molar-refractivity contribution is 5.65. The second kappa shape index (κ2) is 5.28. The zero-order valence-corrected chi connectivity index (χ0v) is 13.5. The van der Waals surface area contributed by atoms with Gasteiger partial charge in [-0.15, -0.1) is 0 Å². The highest BCUT2D eigenvalue weighted by Crippen LogP contribution is 2.45. The van der Waals surface area contributed by atoms with Crippen LogP contribution in [0.2, 0.25) is 0 Å².